The third-order valence-corrected chi connectivity index (χ3v) is 5.79. The number of amides is 2. The molecule has 1 aromatic heterocycles. The first kappa shape index (κ1) is 24.2. The number of ether oxygens (including phenoxy) is 1. The van der Waals surface area contributed by atoms with Crippen LogP contribution in [-0.2, 0) is 27.4 Å². The first-order chi connectivity index (χ1) is 16.0. The number of alkyl carbamates (subject to hydrolysis) is 1. The van der Waals surface area contributed by atoms with Gasteiger partial charge in [0.1, 0.15) is 18.7 Å². The van der Waals surface area contributed by atoms with Crippen molar-refractivity contribution in [2.24, 2.45) is 0 Å². The fourth-order valence-corrected chi connectivity index (χ4v) is 3.87. The van der Waals surface area contributed by atoms with Crippen LogP contribution in [0, 0.1) is 0 Å². The van der Waals surface area contributed by atoms with Gasteiger partial charge in [-0.1, -0.05) is 48.5 Å². The Bertz CT molecular complexity index is 1090. The Morgan fingerprint density at radius 3 is 2.48 bits per heavy atom. The van der Waals surface area contributed by atoms with Crippen molar-refractivity contribution in [2.75, 3.05) is 12.0 Å². The van der Waals surface area contributed by atoms with Gasteiger partial charge in [-0.3, -0.25) is 4.79 Å². The fourth-order valence-electron chi connectivity index (χ4n) is 3.40. The number of carbonyl (C=O) groups excluding carboxylic acids is 2. The molecule has 0 aliphatic rings. The van der Waals surface area contributed by atoms with Crippen molar-refractivity contribution in [1.82, 2.24) is 15.6 Å². The molecule has 0 radical (unpaired) electrons. The Balaban J connectivity index is 1.73. The molecule has 2 aromatic carbocycles. The maximum atomic E-state index is 13.0. The van der Waals surface area contributed by atoms with E-state index in [0.29, 0.717) is 5.75 Å². The minimum atomic E-state index is -1.12. The number of H-pyrrole nitrogens is 1. The highest BCUT2D eigenvalue weighted by atomic mass is 32.2. The van der Waals surface area contributed by atoms with Crippen LogP contribution in [0.15, 0.2) is 60.8 Å². The number of hydrogen-bond acceptors (Lipinski definition) is 5. The third kappa shape index (κ3) is 7.01. The maximum absolute atomic E-state index is 13.0. The Morgan fingerprint density at radius 2 is 1.76 bits per heavy atom. The van der Waals surface area contributed by atoms with E-state index in [1.165, 1.54) is 11.8 Å². The van der Waals surface area contributed by atoms with Gasteiger partial charge in [-0.2, -0.15) is 11.8 Å². The lowest BCUT2D eigenvalue weighted by Gasteiger charge is -2.21. The minimum absolute atomic E-state index is 0.0551. The van der Waals surface area contributed by atoms with E-state index < -0.39 is 30.1 Å². The van der Waals surface area contributed by atoms with Crippen molar-refractivity contribution in [3.05, 3.63) is 71.9 Å². The topological polar surface area (TPSA) is 121 Å². The molecule has 0 aliphatic carbocycles. The summed E-state index contributed by atoms with van der Waals surface area (Å²) in [6.45, 7) is 0.0551. The number of aromatic nitrogens is 1. The predicted molar refractivity (Wildman–Crippen MR) is 128 cm³/mol. The molecule has 9 heteroatoms. The van der Waals surface area contributed by atoms with E-state index in [1.807, 2.05) is 60.9 Å². The number of aromatic amines is 1. The molecule has 0 saturated carbocycles. The van der Waals surface area contributed by atoms with Gasteiger partial charge in [0.2, 0.25) is 5.91 Å². The number of thioether (sulfide) groups is 1. The van der Waals surface area contributed by atoms with E-state index in [-0.39, 0.29) is 19.4 Å². The maximum Gasteiger partial charge on any atom is 0.408 e. The zero-order chi connectivity index (χ0) is 23.6. The summed E-state index contributed by atoms with van der Waals surface area (Å²) in [6.07, 6.45) is 3.34. The van der Waals surface area contributed by atoms with Gasteiger partial charge in [-0.25, -0.2) is 9.59 Å². The van der Waals surface area contributed by atoms with Crippen molar-refractivity contribution in [3.63, 3.8) is 0 Å². The van der Waals surface area contributed by atoms with Crippen LogP contribution in [0.1, 0.15) is 17.5 Å². The summed E-state index contributed by atoms with van der Waals surface area (Å²) < 4.78 is 5.28. The molecule has 3 rings (SSSR count). The van der Waals surface area contributed by atoms with E-state index in [0.717, 1.165) is 22.0 Å². The first-order valence-electron chi connectivity index (χ1n) is 10.5. The number of nitrogens with one attached hydrogen (secondary N) is 3. The summed E-state index contributed by atoms with van der Waals surface area (Å²) in [5.74, 6) is -1.11. The SMILES string of the molecule is CSCC[C@@H](NC(=O)[C@@H](Cc1c[nH]c2ccccc12)NC(=O)OCc1ccccc1)C(=O)O. The number of para-hydroxylation sites is 1. The Morgan fingerprint density at radius 1 is 1.03 bits per heavy atom. The smallest absolute Gasteiger partial charge is 0.408 e. The van der Waals surface area contributed by atoms with Crippen molar-refractivity contribution >= 4 is 40.6 Å². The van der Waals surface area contributed by atoms with E-state index >= 15 is 0 Å². The van der Waals surface area contributed by atoms with Gasteiger partial charge in [0.15, 0.2) is 0 Å². The van der Waals surface area contributed by atoms with Crippen LogP contribution in [0.25, 0.3) is 10.9 Å². The second-order valence-electron chi connectivity index (χ2n) is 7.50. The molecule has 33 heavy (non-hydrogen) atoms. The van der Waals surface area contributed by atoms with Gasteiger partial charge in [0.05, 0.1) is 0 Å². The lowest BCUT2D eigenvalue weighted by atomic mass is 10.0. The number of aliphatic carboxylic acids is 1. The molecule has 0 aliphatic heterocycles. The highest BCUT2D eigenvalue weighted by Crippen LogP contribution is 2.19. The molecule has 8 nitrogen and oxygen atoms in total. The van der Waals surface area contributed by atoms with Gasteiger partial charge in [0, 0.05) is 23.5 Å². The number of carboxylic acid groups (broad SMARTS) is 1. The first-order valence-corrected chi connectivity index (χ1v) is 11.9. The molecule has 174 valence electrons. The van der Waals surface area contributed by atoms with Crippen LogP contribution < -0.4 is 10.6 Å². The number of hydrogen-bond donors (Lipinski definition) is 4. The molecule has 2 amide bonds. The molecule has 0 saturated heterocycles. The molecule has 0 spiro atoms. The predicted octanol–water partition coefficient (Wildman–Crippen LogP) is 3.33. The van der Waals surface area contributed by atoms with Crippen molar-refractivity contribution < 1.29 is 24.2 Å². The van der Waals surface area contributed by atoms with E-state index in [1.54, 1.807) is 6.20 Å². The summed E-state index contributed by atoms with van der Waals surface area (Å²) in [4.78, 5) is 40.2. The quantitative estimate of drug-likeness (QED) is 0.342. The Labute approximate surface area is 196 Å². The molecular weight excluding hydrogens is 442 g/mol. The zero-order valence-corrected chi connectivity index (χ0v) is 19.1. The van der Waals surface area contributed by atoms with Crippen molar-refractivity contribution in [2.45, 2.75) is 31.5 Å². The number of fused-ring (bicyclic) bond motifs is 1. The zero-order valence-electron chi connectivity index (χ0n) is 18.2. The largest absolute Gasteiger partial charge is 0.480 e. The lowest BCUT2D eigenvalue weighted by Crippen LogP contribution is -2.52. The number of carbonyl (C=O) groups is 3. The van der Waals surface area contributed by atoms with E-state index in [4.69, 9.17) is 4.74 Å². The van der Waals surface area contributed by atoms with E-state index in [2.05, 4.69) is 15.6 Å². The molecule has 0 bridgehead atoms. The fraction of sp³-hybridized carbons (Fsp3) is 0.292. The molecule has 1 heterocycles. The van der Waals surface area contributed by atoms with Crippen molar-refractivity contribution in [1.29, 1.82) is 0 Å². The second-order valence-corrected chi connectivity index (χ2v) is 8.49. The summed E-state index contributed by atoms with van der Waals surface area (Å²) in [5.41, 5.74) is 2.54. The molecule has 0 fully saturated rings. The highest BCUT2D eigenvalue weighted by molar-refractivity contribution is 7.98. The third-order valence-electron chi connectivity index (χ3n) is 5.15. The molecule has 4 N–H and O–H groups in total. The van der Waals surface area contributed by atoms with Crippen molar-refractivity contribution in [3.8, 4) is 0 Å². The Kier molecular flexibility index (Phi) is 8.77. The molecule has 3 aromatic rings. The van der Waals surface area contributed by atoms with Crippen LogP contribution in [0.3, 0.4) is 0 Å². The van der Waals surface area contributed by atoms with Gasteiger partial charge in [-0.15, -0.1) is 0 Å². The number of benzene rings is 2. The van der Waals surface area contributed by atoms with Crippen LogP contribution in [0.5, 0.6) is 0 Å². The highest BCUT2D eigenvalue weighted by Gasteiger charge is 2.27. The van der Waals surface area contributed by atoms with Crippen LogP contribution in [-0.4, -0.2) is 52.2 Å². The lowest BCUT2D eigenvalue weighted by molar-refractivity contribution is -0.142. The van der Waals surface area contributed by atoms with E-state index in [9.17, 15) is 19.5 Å². The summed E-state index contributed by atoms with van der Waals surface area (Å²) in [5, 5.41) is 15.6. The average Bonchev–Trinajstić information content (AvgIpc) is 3.23. The summed E-state index contributed by atoms with van der Waals surface area (Å²) in [7, 11) is 0. The number of carboxylic acids is 1. The minimum Gasteiger partial charge on any atom is -0.480 e. The summed E-state index contributed by atoms with van der Waals surface area (Å²) in [6, 6.07) is 14.8. The van der Waals surface area contributed by atoms with Gasteiger partial charge in [-0.05, 0) is 35.6 Å². The van der Waals surface area contributed by atoms with Gasteiger partial charge >= 0.3 is 12.1 Å². The summed E-state index contributed by atoms with van der Waals surface area (Å²) >= 11 is 1.49. The normalized spacial score (nSPS) is 12.6. The standard InChI is InChI=1S/C24H27N3O5S/c1-33-12-11-20(23(29)30)26-22(28)21(13-17-14-25-19-10-6-5-9-18(17)19)27-24(31)32-15-16-7-3-2-4-8-16/h2-10,14,20-21,25H,11-13,15H2,1H3,(H,26,28)(H,27,31)(H,29,30)/t20-,21-/m1/s1. The van der Waals surface area contributed by atoms with Crippen LogP contribution in [0.2, 0.25) is 0 Å². The molecule has 0 unspecified atom stereocenters. The van der Waals surface area contributed by atoms with Gasteiger partial charge < -0.3 is 25.5 Å². The van der Waals surface area contributed by atoms with Crippen LogP contribution in [0.4, 0.5) is 4.79 Å². The van der Waals surface area contributed by atoms with Crippen LogP contribution >= 0.6 is 11.8 Å². The molecular formula is C24H27N3O5S. The Hall–Kier alpha value is -3.46. The average molecular weight is 470 g/mol. The second kappa shape index (κ2) is 12.0. The molecule has 2 atom stereocenters. The van der Waals surface area contributed by atoms with Gasteiger partial charge in [0.25, 0.3) is 0 Å². The monoisotopic (exact) mass is 469 g/mol. The number of rotatable bonds is 11.